The Labute approximate surface area is 195 Å². The average molecular weight is 453 g/mol. The Morgan fingerprint density at radius 1 is 1.12 bits per heavy atom. The minimum absolute atomic E-state index is 0.0210. The van der Waals surface area contributed by atoms with E-state index in [4.69, 9.17) is 0 Å². The Hall–Kier alpha value is -2.37. The maximum absolute atomic E-state index is 14.2. The molecule has 3 nitrogen and oxygen atoms in total. The highest BCUT2D eigenvalue weighted by atomic mass is 32.2. The van der Waals surface area contributed by atoms with Crippen LogP contribution in [0.4, 0.5) is 4.39 Å². The zero-order chi connectivity index (χ0) is 23.3. The molecule has 1 amide bonds. The summed E-state index contributed by atoms with van der Waals surface area (Å²) in [6.45, 7) is 11.5. The van der Waals surface area contributed by atoms with Crippen LogP contribution in [-0.4, -0.2) is 43.2 Å². The molecule has 3 rings (SSSR count). The van der Waals surface area contributed by atoms with Crippen molar-refractivity contribution in [1.29, 1.82) is 0 Å². The van der Waals surface area contributed by atoms with Crippen LogP contribution in [0.15, 0.2) is 52.9 Å². The van der Waals surface area contributed by atoms with E-state index in [9.17, 15) is 9.18 Å². The molecule has 1 aliphatic rings. The van der Waals surface area contributed by atoms with Crippen LogP contribution in [0.5, 0.6) is 0 Å². The summed E-state index contributed by atoms with van der Waals surface area (Å²) in [5.41, 5.74) is 5.88. The first kappa shape index (κ1) is 24.3. The highest BCUT2D eigenvalue weighted by molar-refractivity contribution is 7.98. The molecule has 0 aliphatic heterocycles. The monoisotopic (exact) mass is 452 g/mol. The van der Waals surface area contributed by atoms with Crippen LogP contribution in [0.1, 0.15) is 44.4 Å². The summed E-state index contributed by atoms with van der Waals surface area (Å²) in [4.78, 5) is 16.5. The minimum atomic E-state index is -0.364. The van der Waals surface area contributed by atoms with Gasteiger partial charge in [-0.15, -0.1) is 11.8 Å². The smallest absolute Gasteiger partial charge is 0.227 e. The van der Waals surface area contributed by atoms with E-state index in [-0.39, 0.29) is 17.6 Å². The van der Waals surface area contributed by atoms with Crippen LogP contribution < -0.4 is 5.32 Å². The van der Waals surface area contributed by atoms with Crippen molar-refractivity contribution in [2.75, 3.05) is 32.4 Å². The quantitative estimate of drug-likeness (QED) is 0.476. The van der Waals surface area contributed by atoms with Gasteiger partial charge >= 0.3 is 0 Å². The fourth-order valence-corrected chi connectivity index (χ4v) is 4.70. The number of likely N-dealkylation sites (N-methyl/N-ethyl adjacent to an activating group) is 1. The lowest BCUT2D eigenvalue weighted by Gasteiger charge is -2.20. The van der Waals surface area contributed by atoms with Gasteiger partial charge < -0.3 is 10.2 Å². The second kappa shape index (κ2) is 11.0. The molecule has 0 heterocycles. The third kappa shape index (κ3) is 5.33. The molecular formula is C27H33FN2OS. The Morgan fingerprint density at radius 3 is 2.44 bits per heavy atom. The van der Waals surface area contributed by atoms with E-state index in [2.05, 4.69) is 60.7 Å². The number of fused-ring (bicyclic) bond motifs is 1. The number of hydrogen-bond donors (Lipinski definition) is 1. The molecule has 170 valence electrons. The number of nitrogens with one attached hydrogen (secondary N) is 1. The van der Waals surface area contributed by atoms with Gasteiger partial charge in [-0.05, 0) is 96.9 Å². The van der Waals surface area contributed by atoms with Crippen molar-refractivity contribution in [3.8, 4) is 0 Å². The van der Waals surface area contributed by atoms with Gasteiger partial charge in [0.05, 0.1) is 5.92 Å². The Balaban J connectivity index is 1.90. The molecule has 0 fully saturated rings. The molecule has 0 aromatic heterocycles. The van der Waals surface area contributed by atoms with Crippen LogP contribution in [0.2, 0.25) is 0 Å². The van der Waals surface area contributed by atoms with Gasteiger partial charge in [-0.2, -0.15) is 0 Å². The predicted molar refractivity (Wildman–Crippen MR) is 135 cm³/mol. The first-order valence-electron chi connectivity index (χ1n) is 11.3. The summed E-state index contributed by atoms with van der Waals surface area (Å²) < 4.78 is 14.2. The van der Waals surface area contributed by atoms with Gasteiger partial charge in [-0.25, -0.2) is 4.39 Å². The molecule has 32 heavy (non-hydrogen) atoms. The van der Waals surface area contributed by atoms with Gasteiger partial charge in [0.25, 0.3) is 0 Å². The largest absolute Gasteiger partial charge is 0.354 e. The molecular weight excluding hydrogens is 419 g/mol. The molecule has 0 spiro atoms. The van der Waals surface area contributed by atoms with Crippen molar-refractivity contribution < 1.29 is 9.18 Å². The van der Waals surface area contributed by atoms with Gasteiger partial charge in [-0.1, -0.05) is 32.0 Å². The van der Waals surface area contributed by atoms with E-state index < -0.39 is 0 Å². The number of amides is 1. The second-order valence-electron chi connectivity index (χ2n) is 8.10. The van der Waals surface area contributed by atoms with E-state index >= 15 is 0 Å². The molecule has 0 saturated carbocycles. The van der Waals surface area contributed by atoms with Crippen LogP contribution in [-0.2, 0) is 4.79 Å². The van der Waals surface area contributed by atoms with Crippen LogP contribution in [0.3, 0.4) is 0 Å². The molecule has 1 aliphatic carbocycles. The van der Waals surface area contributed by atoms with Crippen LogP contribution >= 0.6 is 11.8 Å². The molecule has 0 radical (unpaired) electrons. The van der Waals surface area contributed by atoms with Crippen LogP contribution in [0, 0.1) is 11.7 Å². The van der Waals surface area contributed by atoms with Crippen molar-refractivity contribution in [3.05, 3.63) is 70.5 Å². The average Bonchev–Trinajstić information content (AvgIpc) is 3.06. The third-order valence-electron chi connectivity index (χ3n) is 6.24. The Kier molecular flexibility index (Phi) is 8.32. The van der Waals surface area contributed by atoms with Gasteiger partial charge in [0.1, 0.15) is 5.82 Å². The fraction of sp³-hybridized carbons (Fsp3) is 0.370. The number of halogens is 1. The number of carbonyl (C=O) groups excluding carboxylic acids is 1. The number of rotatable bonds is 9. The molecule has 5 heteroatoms. The van der Waals surface area contributed by atoms with E-state index in [1.165, 1.54) is 11.0 Å². The molecule has 1 unspecified atom stereocenters. The lowest BCUT2D eigenvalue weighted by molar-refractivity contribution is -0.122. The third-order valence-corrected chi connectivity index (χ3v) is 6.99. The lowest BCUT2D eigenvalue weighted by Crippen LogP contribution is -2.37. The zero-order valence-corrected chi connectivity index (χ0v) is 20.5. The Morgan fingerprint density at radius 2 is 1.81 bits per heavy atom. The molecule has 1 atom stereocenters. The van der Waals surface area contributed by atoms with Crippen molar-refractivity contribution >= 4 is 34.9 Å². The summed E-state index contributed by atoms with van der Waals surface area (Å²) in [6, 6.07) is 13.3. The SMILES string of the molecule is CCN(CC)CCNC(=O)C(C)C1=C(C)/C(=C/c2ccc(SC)cc2)c2ccc(F)cc21. The minimum Gasteiger partial charge on any atom is -0.354 e. The van der Waals surface area contributed by atoms with Gasteiger partial charge in [0, 0.05) is 18.0 Å². The van der Waals surface area contributed by atoms with Crippen molar-refractivity contribution in [2.24, 2.45) is 5.92 Å². The first-order valence-corrected chi connectivity index (χ1v) is 12.5. The van der Waals surface area contributed by atoms with Crippen molar-refractivity contribution in [3.63, 3.8) is 0 Å². The normalized spacial score (nSPS) is 15.4. The number of hydrogen-bond acceptors (Lipinski definition) is 3. The predicted octanol–water partition coefficient (Wildman–Crippen LogP) is 5.97. The van der Waals surface area contributed by atoms with Crippen molar-refractivity contribution in [1.82, 2.24) is 10.2 Å². The maximum atomic E-state index is 14.2. The molecule has 1 N–H and O–H groups in total. The highest BCUT2D eigenvalue weighted by Crippen LogP contribution is 2.45. The van der Waals surface area contributed by atoms with Crippen LogP contribution in [0.25, 0.3) is 17.2 Å². The molecule has 2 aromatic carbocycles. The number of benzene rings is 2. The summed E-state index contributed by atoms with van der Waals surface area (Å²) >= 11 is 1.71. The van der Waals surface area contributed by atoms with E-state index in [1.807, 2.05) is 19.9 Å². The second-order valence-corrected chi connectivity index (χ2v) is 8.98. The summed E-state index contributed by atoms with van der Waals surface area (Å²) in [5, 5.41) is 3.07. The topological polar surface area (TPSA) is 32.3 Å². The number of nitrogens with zero attached hydrogens (tertiary/aromatic N) is 1. The Bertz CT molecular complexity index is 1020. The van der Waals surface area contributed by atoms with E-state index in [0.29, 0.717) is 6.54 Å². The van der Waals surface area contributed by atoms with Gasteiger partial charge in [0.2, 0.25) is 5.91 Å². The molecule has 0 bridgehead atoms. The molecule has 0 saturated heterocycles. The number of thioether (sulfide) groups is 1. The van der Waals surface area contributed by atoms with E-state index in [0.717, 1.165) is 53.0 Å². The van der Waals surface area contributed by atoms with Gasteiger partial charge in [-0.3, -0.25) is 4.79 Å². The maximum Gasteiger partial charge on any atom is 0.227 e. The van der Waals surface area contributed by atoms with Gasteiger partial charge in [0.15, 0.2) is 0 Å². The van der Waals surface area contributed by atoms with E-state index in [1.54, 1.807) is 17.8 Å². The fourth-order valence-electron chi connectivity index (χ4n) is 4.30. The zero-order valence-electron chi connectivity index (χ0n) is 19.7. The number of allylic oxidation sites excluding steroid dienone is 2. The molecule has 2 aromatic rings. The first-order chi connectivity index (χ1) is 15.4. The summed E-state index contributed by atoms with van der Waals surface area (Å²) in [7, 11) is 0. The summed E-state index contributed by atoms with van der Waals surface area (Å²) in [5.74, 6) is -0.668. The number of carbonyl (C=O) groups is 1. The van der Waals surface area contributed by atoms with Crippen molar-refractivity contribution in [2.45, 2.75) is 32.6 Å². The summed E-state index contributed by atoms with van der Waals surface area (Å²) in [6.07, 6.45) is 4.19. The standard InChI is InChI=1S/C27H33FN2OS/c1-6-30(7-2)15-14-29-27(31)19(4)26-18(3)24(23-13-10-21(28)17-25(23)26)16-20-8-11-22(32-5)12-9-20/h8-13,16-17,19H,6-7,14-15H2,1-5H3,(H,29,31)/b24-16-. The highest BCUT2D eigenvalue weighted by Gasteiger charge is 2.30. The lowest BCUT2D eigenvalue weighted by atomic mass is 9.93.